The Hall–Kier alpha value is -2.57. The third kappa shape index (κ3) is 3.71. The number of nitrogens with two attached hydrogens (primary N) is 1. The number of primary amides is 1. The van der Waals surface area contributed by atoms with Crippen molar-refractivity contribution in [3.05, 3.63) is 53.8 Å². The van der Waals surface area contributed by atoms with Gasteiger partial charge in [-0.05, 0) is 35.9 Å². The first-order chi connectivity index (χ1) is 9.76. The van der Waals surface area contributed by atoms with Gasteiger partial charge in [-0.1, -0.05) is 12.1 Å². The highest BCUT2D eigenvalue weighted by molar-refractivity contribution is 5.94. The van der Waals surface area contributed by atoms with Crippen LogP contribution in [0.25, 0.3) is 11.1 Å². The van der Waals surface area contributed by atoms with Crippen molar-refractivity contribution < 1.29 is 27.1 Å². The average molecular weight is 299 g/mol. The summed E-state index contributed by atoms with van der Waals surface area (Å²) in [6.45, 7) is 0. The second-order valence-corrected chi connectivity index (χ2v) is 4.13. The lowest BCUT2D eigenvalue weighted by Gasteiger charge is -2.10. The highest BCUT2D eigenvalue weighted by Gasteiger charge is 2.31. The molecule has 0 heterocycles. The molecule has 0 unspecified atom stereocenters. The number of hydrogen-bond donors (Lipinski definition) is 1. The summed E-state index contributed by atoms with van der Waals surface area (Å²) < 4.78 is 53.6. The second-order valence-electron chi connectivity index (χ2n) is 4.13. The van der Waals surface area contributed by atoms with E-state index in [4.69, 9.17) is 5.73 Å². The van der Waals surface area contributed by atoms with Crippen molar-refractivity contribution in [1.29, 1.82) is 0 Å². The van der Waals surface area contributed by atoms with Crippen LogP contribution in [0.3, 0.4) is 0 Å². The molecule has 7 heteroatoms. The first-order valence-corrected chi connectivity index (χ1v) is 5.72. The summed E-state index contributed by atoms with van der Waals surface area (Å²) in [5, 5.41) is 0. The highest BCUT2D eigenvalue weighted by Crippen LogP contribution is 2.28. The van der Waals surface area contributed by atoms with Crippen molar-refractivity contribution in [1.82, 2.24) is 0 Å². The molecule has 0 spiro atoms. The summed E-state index contributed by atoms with van der Waals surface area (Å²) in [6, 6.07) is 8.14. The third-order valence-corrected chi connectivity index (χ3v) is 2.65. The fourth-order valence-corrected chi connectivity index (χ4v) is 1.74. The Morgan fingerprint density at radius 3 is 2.19 bits per heavy atom. The SMILES string of the molecule is NC(=O)c1ccc(F)c(-c2ccc(OC(F)(F)F)cc2)c1. The van der Waals surface area contributed by atoms with Gasteiger partial charge < -0.3 is 10.5 Å². The molecule has 0 saturated carbocycles. The first kappa shape index (κ1) is 14.8. The molecule has 2 aromatic carbocycles. The predicted octanol–water partition coefficient (Wildman–Crippen LogP) is 3.49. The monoisotopic (exact) mass is 299 g/mol. The number of hydrogen-bond acceptors (Lipinski definition) is 2. The van der Waals surface area contributed by atoms with Crippen molar-refractivity contribution in [2.45, 2.75) is 6.36 Å². The summed E-state index contributed by atoms with van der Waals surface area (Å²) in [5.41, 5.74) is 5.55. The Balaban J connectivity index is 2.34. The van der Waals surface area contributed by atoms with Gasteiger partial charge in [0.2, 0.25) is 5.91 Å². The van der Waals surface area contributed by atoms with E-state index in [0.29, 0.717) is 5.56 Å². The number of carbonyl (C=O) groups excluding carboxylic acids is 1. The fraction of sp³-hybridized carbons (Fsp3) is 0.0714. The summed E-state index contributed by atoms with van der Waals surface area (Å²) in [4.78, 5) is 11.1. The zero-order chi connectivity index (χ0) is 15.6. The number of benzene rings is 2. The molecule has 0 aromatic heterocycles. The number of halogens is 4. The summed E-state index contributed by atoms with van der Waals surface area (Å²) in [7, 11) is 0. The molecular formula is C14H9F4NO2. The minimum atomic E-state index is -4.79. The van der Waals surface area contributed by atoms with Crippen LogP contribution in [0.5, 0.6) is 5.75 Å². The Labute approximate surface area is 116 Å². The smallest absolute Gasteiger partial charge is 0.406 e. The number of rotatable bonds is 3. The van der Waals surface area contributed by atoms with E-state index < -0.39 is 23.8 Å². The number of amides is 1. The van der Waals surface area contributed by atoms with E-state index in [2.05, 4.69) is 4.74 Å². The van der Waals surface area contributed by atoms with Crippen LogP contribution in [-0.4, -0.2) is 12.3 Å². The average Bonchev–Trinajstić information content (AvgIpc) is 2.38. The van der Waals surface area contributed by atoms with Crippen molar-refractivity contribution in [2.75, 3.05) is 0 Å². The van der Waals surface area contributed by atoms with Gasteiger partial charge in [0.05, 0.1) is 0 Å². The van der Waals surface area contributed by atoms with Crippen LogP contribution in [-0.2, 0) is 0 Å². The van der Waals surface area contributed by atoms with E-state index in [1.54, 1.807) is 0 Å². The molecule has 0 aliphatic heterocycles. The molecule has 0 radical (unpaired) electrons. The maximum Gasteiger partial charge on any atom is 0.573 e. The Morgan fingerprint density at radius 1 is 1.05 bits per heavy atom. The van der Waals surface area contributed by atoms with Gasteiger partial charge in [0.1, 0.15) is 11.6 Å². The largest absolute Gasteiger partial charge is 0.573 e. The van der Waals surface area contributed by atoms with E-state index in [0.717, 1.165) is 18.2 Å². The summed E-state index contributed by atoms with van der Waals surface area (Å²) >= 11 is 0. The fourth-order valence-electron chi connectivity index (χ4n) is 1.74. The molecule has 2 rings (SSSR count). The molecule has 110 valence electrons. The molecule has 0 saturated heterocycles. The summed E-state index contributed by atoms with van der Waals surface area (Å²) in [6.07, 6.45) is -4.79. The maximum atomic E-state index is 13.7. The molecule has 2 N–H and O–H groups in total. The Kier molecular flexibility index (Phi) is 3.84. The molecular weight excluding hydrogens is 290 g/mol. The predicted molar refractivity (Wildman–Crippen MR) is 67.0 cm³/mol. The van der Waals surface area contributed by atoms with E-state index in [1.165, 1.54) is 24.3 Å². The molecule has 0 atom stereocenters. The zero-order valence-electron chi connectivity index (χ0n) is 10.4. The van der Waals surface area contributed by atoms with Gasteiger partial charge in [-0.15, -0.1) is 13.2 Å². The van der Waals surface area contributed by atoms with Gasteiger partial charge in [-0.2, -0.15) is 0 Å². The summed E-state index contributed by atoms with van der Waals surface area (Å²) in [5.74, 6) is -1.77. The molecule has 21 heavy (non-hydrogen) atoms. The maximum absolute atomic E-state index is 13.7. The van der Waals surface area contributed by atoms with Crippen LogP contribution < -0.4 is 10.5 Å². The van der Waals surface area contributed by atoms with Gasteiger partial charge in [-0.25, -0.2) is 4.39 Å². The molecule has 0 aliphatic carbocycles. The number of ether oxygens (including phenoxy) is 1. The van der Waals surface area contributed by atoms with Crippen LogP contribution in [0.15, 0.2) is 42.5 Å². The van der Waals surface area contributed by atoms with Gasteiger partial charge in [0.15, 0.2) is 0 Å². The lowest BCUT2D eigenvalue weighted by atomic mass is 10.0. The van der Waals surface area contributed by atoms with Crippen molar-refractivity contribution in [2.24, 2.45) is 5.73 Å². The quantitative estimate of drug-likeness (QED) is 0.882. The number of alkyl halides is 3. The van der Waals surface area contributed by atoms with Gasteiger partial charge in [0.25, 0.3) is 0 Å². The first-order valence-electron chi connectivity index (χ1n) is 5.72. The van der Waals surface area contributed by atoms with Crippen molar-refractivity contribution in [3.8, 4) is 16.9 Å². The minimum Gasteiger partial charge on any atom is -0.406 e. The van der Waals surface area contributed by atoms with E-state index in [1.807, 2.05) is 0 Å². The van der Waals surface area contributed by atoms with Gasteiger partial charge >= 0.3 is 6.36 Å². The van der Waals surface area contributed by atoms with E-state index in [9.17, 15) is 22.4 Å². The van der Waals surface area contributed by atoms with Crippen LogP contribution in [0, 0.1) is 5.82 Å². The topological polar surface area (TPSA) is 52.3 Å². The van der Waals surface area contributed by atoms with Crippen LogP contribution in [0.4, 0.5) is 17.6 Å². The van der Waals surface area contributed by atoms with Gasteiger partial charge in [0, 0.05) is 11.1 Å². The van der Waals surface area contributed by atoms with Crippen LogP contribution >= 0.6 is 0 Å². The Morgan fingerprint density at radius 2 is 1.67 bits per heavy atom. The molecule has 2 aromatic rings. The Bertz CT molecular complexity index is 666. The van der Waals surface area contributed by atoms with E-state index >= 15 is 0 Å². The van der Waals surface area contributed by atoms with Gasteiger partial charge in [-0.3, -0.25) is 4.79 Å². The highest BCUT2D eigenvalue weighted by atomic mass is 19.4. The van der Waals surface area contributed by atoms with Crippen molar-refractivity contribution in [3.63, 3.8) is 0 Å². The third-order valence-electron chi connectivity index (χ3n) is 2.65. The van der Waals surface area contributed by atoms with E-state index in [-0.39, 0.29) is 11.1 Å². The second kappa shape index (κ2) is 5.43. The molecule has 0 fully saturated rings. The lowest BCUT2D eigenvalue weighted by Crippen LogP contribution is -2.16. The molecule has 0 bridgehead atoms. The van der Waals surface area contributed by atoms with Crippen LogP contribution in [0.1, 0.15) is 10.4 Å². The zero-order valence-corrected chi connectivity index (χ0v) is 10.4. The minimum absolute atomic E-state index is 0.0601. The molecule has 0 aliphatic rings. The normalized spacial score (nSPS) is 11.2. The van der Waals surface area contributed by atoms with Crippen molar-refractivity contribution >= 4 is 5.91 Å². The lowest BCUT2D eigenvalue weighted by molar-refractivity contribution is -0.274. The van der Waals surface area contributed by atoms with Crippen LogP contribution in [0.2, 0.25) is 0 Å². The number of carbonyl (C=O) groups is 1. The molecule has 1 amide bonds. The standard InChI is InChI=1S/C14H9F4NO2/c15-12-6-3-9(13(19)20)7-11(12)8-1-4-10(5-2-8)21-14(16,17)18/h1-7H,(H2,19,20). The molecule has 3 nitrogen and oxygen atoms in total.